The Kier molecular flexibility index (Phi) is 8.63. The summed E-state index contributed by atoms with van der Waals surface area (Å²) < 4.78 is 7.32. The van der Waals surface area contributed by atoms with Gasteiger partial charge in [-0.05, 0) is 62.0 Å². The van der Waals surface area contributed by atoms with Crippen molar-refractivity contribution in [2.75, 3.05) is 20.3 Å². The highest BCUT2D eigenvalue weighted by Crippen LogP contribution is 2.42. The van der Waals surface area contributed by atoms with E-state index in [1.54, 1.807) is 7.11 Å². The molecule has 0 bridgehead atoms. The minimum absolute atomic E-state index is 0.0207. The summed E-state index contributed by atoms with van der Waals surface area (Å²) in [6, 6.07) is 5.02. The van der Waals surface area contributed by atoms with Crippen LogP contribution in [0.5, 0.6) is 5.75 Å². The molecule has 0 spiro atoms. The van der Waals surface area contributed by atoms with E-state index in [0.717, 1.165) is 31.2 Å². The van der Waals surface area contributed by atoms with E-state index >= 15 is 0 Å². The lowest BCUT2D eigenvalue weighted by molar-refractivity contribution is -0.124. The lowest BCUT2D eigenvalue weighted by Crippen LogP contribution is -2.38. The van der Waals surface area contributed by atoms with Gasteiger partial charge in [0.15, 0.2) is 5.82 Å². The number of benzene rings is 1. The molecule has 0 radical (unpaired) electrons. The predicted octanol–water partition coefficient (Wildman–Crippen LogP) is 5.31. The Hall–Kier alpha value is -2.41. The van der Waals surface area contributed by atoms with Crippen molar-refractivity contribution in [3.8, 4) is 5.75 Å². The number of hydrogen-bond donors (Lipinski definition) is 2. The molecule has 1 aliphatic carbocycles. The van der Waals surface area contributed by atoms with Gasteiger partial charge < -0.3 is 19.7 Å². The first-order valence-electron chi connectivity index (χ1n) is 13.0. The van der Waals surface area contributed by atoms with Crippen LogP contribution in [0.1, 0.15) is 96.2 Å². The average molecular weight is 486 g/mol. The zero-order chi connectivity index (χ0) is 25.8. The van der Waals surface area contributed by atoms with E-state index in [4.69, 9.17) is 9.72 Å². The Balaban J connectivity index is 2.04. The van der Waals surface area contributed by atoms with Gasteiger partial charge in [0.25, 0.3) is 0 Å². The molecule has 1 unspecified atom stereocenters. The third-order valence-electron chi connectivity index (χ3n) is 7.47. The Morgan fingerprint density at radius 2 is 1.97 bits per heavy atom. The first-order chi connectivity index (χ1) is 16.5. The average Bonchev–Trinajstić information content (AvgIpc) is 3.19. The maximum atomic E-state index is 14.0. The molecule has 7 nitrogen and oxygen atoms in total. The number of nitrogens with zero attached hydrogens (tertiary/aromatic N) is 2. The van der Waals surface area contributed by atoms with Crippen LogP contribution < -0.4 is 10.1 Å². The number of nitrogens with one attached hydrogen (secondary N) is 1. The molecule has 0 aliphatic heterocycles. The van der Waals surface area contributed by atoms with E-state index in [9.17, 15) is 14.7 Å². The van der Waals surface area contributed by atoms with E-state index in [1.165, 1.54) is 0 Å². The lowest BCUT2D eigenvalue weighted by Gasteiger charge is -2.35. The van der Waals surface area contributed by atoms with Gasteiger partial charge in [-0.1, -0.05) is 41.0 Å². The Bertz CT molecular complexity index is 1030. The second kappa shape index (κ2) is 11.1. The third kappa shape index (κ3) is 6.24. The molecule has 1 amide bonds. The second-order valence-corrected chi connectivity index (χ2v) is 11.6. The fourth-order valence-electron chi connectivity index (χ4n) is 5.00. The van der Waals surface area contributed by atoms with E-state index in [1.807, 2.05) is 36.6 Å². The van der Waals surface area contributed by atoms with Crippen LogP contribution in [0.2, 0.25) is 0 Å². The maximum Gasteiger partial charge on any atom is 0.243 e. The number of ether oxygens (including phenoxy) is 1. The Morgan fingerprint density at radius 1 is 1.29 bits per heavy atom. The summed E-state index contributed by atoms with van der Waals surface area (Å²) in [5.41, 5.74) is 0.982. The molecular weight excluding hydrogens is 442 g/mol. The van der Waals surface area contributed by atoms with Gasteiger partial charge in [0, 0.05) is 24.6 Å². The molecule has 35 heavy (non-hydrogen) atoms. The molecule has 1 aromatic carbocycles. The standard InChI is InChI=1S/C28H43N3O4/c1-7-8-22(26(34)29-16-15-27(2,3)4)31-23-17-20(35-6)9-10-21(23)30-25(31)24(33)28(5)13-11-19(18-32)12-14-28/h9-10,17,19,22,32H,7-8,11-16,18H2,1-6H3,(H,29,34). The lowest BCUT2D eigenvalue weighted by atomic mass is 9.69. The summed E-state index contributed by atoms with van der Waals surface area (Å²) >= 11 is 0. The third-order valence-corrected chi connectivity index (χ3v) is 7.47. The number of aliphatic hydroxyl groups is 1. The van der Waals surface area contributed by atoms with Crippen LogP contribution >= 0.6 is 0 Å². The monoisotopic (exact) mass is 485 g/mol. The maximum absolute atomic E-state index is 14.0. The molecule has 194 valence electrons. The number of carbonyl (C=O) groups is 2. The van der Waals surface area contributed by atoms with Crippen LogP contribution in [-0.4, -0.2) is 46.6 Å². The SMILES string of the molecule is CCCC(C(=O)NCCC(C)(C)C)n1c(C(=O)C2(C)CCC(CO)CC2)nc2ccc(OC)cc21. The molecule has 7 heteroatoms. The molecule has 3 rings (SSSR count). The van der Waals surface area contributed by atoms with Crippen molar-refractivity contribution >= 4 is 22.7 Å². The van der Waals surface area contributed by atoms with E-state index in [0.29, 0.717) is 42.9 Å². The molecule has 1 heterocycles. The highest BCUT2D eigenvalue weighted by molar-refractivity contribution is 6.01. The number of aliphatic hydroxyl groups excluding tert-OH is 1. The number of hydrogen-bond acceptors (Lipinski definition) is 5. The number of amides is 1. The van der Waals surface area contributed by atoms with E-state index < -0.39 is 11.5 Å². The van der Waals surface area contributed by atoms with Gasteiger partial charge in [-0.3, -0.25) is 9.59 Å². The Morgan fingerprint density at radius 3 is 2.54 bits per heavy atom. The summed E-state index contributed by atoms with van der Waals surface area (Å²) in [7, 11) is 1.61. The molecule has 1 fully saturated rings. The molecule has 1 atom stereocenters. The van der Waals surface area contributed by atoms with Crippen molar-refractivity contribution in [3.05, 3.63) is 24.0 Å². The van der Waals surface area contributed by atoms with Crippen molar-refractivity contribution in [1.29, 1.82) is 0 Å². The fraction of sp³-hybridized carbons (Fsp3) is 0.679. The van der Waals surface area contributed by atoms with Crippen molar-refractivity contribution in [2.45, 2.75) is 85.6 Å². The normalized spacial score (nSPS) is 21.6. The van der Waals surface area contributed by atoms with Gasteiger partial charge in [0.05, 0.1) is 18.1 Å². The number of Topliss-reactive ketones (excluding diaryl/α,β-unsaturated/α-hetero) is 1. The highest BCUT2D eigenvalue weighted by atomic mass is 16.5. The molecule has 1 saturated carbocycles. The molecule has 2 N–H and O–H groups in total. The minimum Gasteiger partial charge on any atom is -0.497 e. The largest absolute Gasteiger partial charge is 0.497 e. The van der Waals surface area contributed by atoms with Crippen molar-refractivity contribution < 1.29 is 19.4 Å². The van der Waals surface area contributed by atoms with Gasteiger partial charge in [-0.25, -0.2) is 4.98 Å². The summed E-state index contributed by atoms with van der Waals surface area (Å²) in [6.45, 7) is 11.3. The van der Waals surface area contributed by atoms with Gasteiger partial charge >= 0.3 is 0 Å². The number of carbonyl (C=O) groups excluding carboxylic acids is 2. The van der Waals surface area contributed by atoms with Gasteiger partial charge in [0.1, 0.15) is 11.8 Å². The minimum atomic E-state index is -0.561. The van der Waals surface area contributed by atoms with Crippen molar-refractivity contribution in [3.63, 3.8) is 0 Å². The van der Waals surface area contributed by atoms with Crippen molar-refractivity contribution in [2.24, 2.45) is 16.7 Å². The number of rotatable bonds is 10. The fourth-order valence-corrected chi connectivity index (χ4v) is 5.00. The van der Waals surface area contributed by atoms with Crippen LogP contribution in [0.4, 0.5) is 0 Å². The second-order valence-electron chi connectivity index (χ2n) is 11.6. The molecule has 1 aliphatic rings. The van der Waals surface area contributed by atoms with Crippen LogP contribution in [0.3, 0.4) is 0 Å². The first-order valence-corrected chi connectivity index (χ1v) is 13.0. The smallest absolute Gasteiger partial charge is 0.243 e. The zero-order valence-electron chi connectivity index (χ0n) is 22.3. The van der Waals surface area contributed by atoms with Crippen LogP contribution in [0.15, 0.2) is 18.2 Å². The highest BCUT2D eigenvalue weighted by Gasteiger charge is 2.41. The number of fused-ring (bicyclic) bond motifs is 1. The molecule has 0 saturated heterocycles. The van der Waals surface area contributed by atoms with Gasteiger partial charge in [0.2, 0.25) is 11.7 Å². The molecule has 2 aromatic rings. The quantitative estimate of drug-likeness (QED) is 0.445. The number of imidazole rings is 1. The number of aromatic nitrogens is 2. The summed E-state index contributed by atoms with van der Waals surface area (Å²) in [6.07, 6.45) is 5.32. The molecular formula is C28H43N3O4. The van der Waals surface area contributed by atoms with Crippen LogP contribution in [0.25, 0.3) is 11.0 Å². The summed E-state index contributed by atoms with van der Waals surface area (Å²) in [4.78, 5) is 32.3. The predicted molar refractivity (Wildman–Crippen MR) is 139 cm³/mol. The number of ketones is 1. The van der Waals surface area contributed by atoms with E-state index in [-0.39, 0.29) is 29.6 Å². The topological polar surface area (TPSA) is 93.5 Å². The molecule has 1 aromatic heterocycles. The van der Waals surface area contributed by atoms with Gasteiger partial charge in [-0.15, -0.1) is 0 Å². The zero-order valence-corrected chi connectivity index (χ0v) is 22.3. The van der Waals surface area contributed by atoms with Crippen LogP contribution in [-0.2, 0) is 4.79 Å². The number of methoxy groups -OCH3 is 1. The summed E-state index contributed by atoms with van der Waals surface area (Å²) in [5, 5.41) is 12.7. The van der Waals surface area contributed by atoms with E-state index in [2.05, 4.69) is 26.1 Å². The Labute approximate surface area is 209 Å². The summed E-state index contributed by atoms with van der Waals surface area (Å²) in [5.74, 6) is 1.16. The van der Waals surface area contributed by atoms with Gasteiger partial charge in [-0.2, -0.15) is 0 Å². The van der Waals surface area contributed by atoms with Crippen molar-refractivity contribution in [1.82, 2.24) is 14.9 Å². The van der Waals surface area contributed by atoms with Crippen LogP contribution in [0, 0.1) is 16.7 Å². The first kappa shape index (κ1) is 27.2.